The number of carbonyl (C=O) groups excluding carboxylic acids is 1. The molecule has 0 unspecified atom stereocenters. The Morgan fingerprint density at radius 2 is 1.69 bits per heavy atom. The number of ketones is 1. The van der Waals surface area contributed by atoms with E-state index < -0.39 is 10.0 Å². The Morgan fingerprint density at radius 3 is 2.25 bits per heavy atom. The molecule has 0 radical (unpaired) electrons. The second-order valence-electron chi connectivity index (χ2n) is 7.75. The molecule has 0 spiro atoms. The van der Waals surface area contributed by atoms with Crippen LogP contribution in [-0.4, -0.2) is 45.3 Å². The maximum atomic E-state index is 12.6. The lowest BCUT2D eigenvalue weighted by Gasteiger charge is -2.18. The molecule has 32 heavy (non-hydrogen) atoms. The highest BCUT2D eigenvalue weighted by Gasteiger charge is 2.21. The van der Waals surface area contributed by atoms with Crippen molar-refractivity contribution in [1.82, 2.24) is 4.31 Å². The van der Waals surface area contributed by atoms with Crippen molar-refractivity contribution < 1.29 is 22.7 Å². The van der Waals surface area contributed by atoms with E-state index in [1.165, 1.54) is 34.6 Å². The molecular formula is C25H33NO5S. The average molecular weight is 460 g/mol. The Kier molecular flexibility index (Phi) is 9.47. The molecule has 2 aromatic carbocycles. The van der Waals surface area contributed by atoms with E-state index in [0.29, 0.717) is 42.7 Å². The zero-order valence-corrected chi connectivity index (χ0v) is 20.3. The molecule has 0 fully saturated rings. The van der Waals surface area contributed by atoms with Crippen molar-refractivity contribution >= 4 is 21.9 Å². The molecule has 7 heteroatoms. The first-order valence-electron chi connectivity index (χ1n) is 10.9. The minimum atomic E-state index is -3.54. The lowest BCUT2D eigenvalue weighted by Crippen LogP contribution is -2.30. The molecule has 0 amide bonds. The van der Waals surface area contributed by atoms with Crippen molar-refractivity contribution in [3.63, 3.8) is 0 Å². The molecule has 0 saturated heterocycles. The van der Waals surface area contributed by atoms with Gasteiger partial charge < -0.3 is 9.47 Å². The highest BCUT2D eigenvalue weighted by atomic mass is 32.2. The van der Waals surface area contributed by atoms with Crippen LogP contribution in [-0.2, 0) is 10.0 Å². The van der Waals surface area contributed by atoms with E-state index in [1.807, 2.05) is 18.2 Å². The number of benzene rings is 2. The first-order chi connectivity index (χ1) is 15.2. The standard InChI is InChI=1S/C25H33NO5S/c1-6-26(7-2)32(28,29)22-12-10-21(11-13-22)23(27)14-8-20-9-15-24(25(18-20)30-5)31-17-16-19(3)4/h8-15,18-19H,6-7,16-17H2,1-5H3. The van der Waals surface area contributed by atoms with Crippen LogP contribution in [0.3, 0.4) is 0 Å². The molecule has 174 valence electrons. The van der Waals surface area contributed by atoms with Crippen LogP contribution in [0.2, 0.25) is 0 Å². The van der Waals surface area contributed by atoms with Crippen molar-refractivity contribution in [2.45, 2.75) is 39.0 Å². The predicted octanol–water partition coefficient (Wildman–Crippen LogP) is 5.05. The van der Waals surface area contributed by atoms with Crippen LogP contribution in [0.15, 0.2) is 53.4 Å². The summed E-state index contributed by atoms with van der Waals surface area (Å²) < 4.78 is 37.7. The Bertz CT molecular complexity index is 1020. The van der Waals surface area contributed by atoms with Gasteiger partial charge in [-0.2, -0.15) is 4.31 Å². The Morgan fingerprint density at radius 1 is 1.03 bits per heavy atom. The summed E-state index contributed by atoms with van der Waals surface area (Å²) in [4.78, 5) is 12.7. The van der Waals surface area contributed by atoms with Gasteiger partial charge in [0, 0.05) is 18.7 Å². The summed E-state index contributed by atoms with van der Waals surface area (Å²) in [7, 11) is -1.96. The average Bonchev–Trinajstić information content (AvgIpc) is 2.78. The molecule has 0 aliphatic heterocycles. The molecule has 0 aliphatic carbocycles. The summed E-state index contributed by atoms with van der Waals surface area (Å²) in [6, 6.07) is 11.5. The summed E-state index contributed by atoms with van der Waals surface area (Å²) in [5.74, 6) is 1.62. The minimum absolute atomic E-state index is 0.180. The fraction of sp³-hybridized carbons (Fsp3) is 0.400. The van der Waals surface area contributed by atoms with Crippen LogP contribution in [0.1, 0.15) is 50.0 Å². The molecule has 0 heterocycles. The number of nitrogens with zero attached hydrogens (tertiary/aromatic N) is 1. The number of ether oxygens (including phenoxy) is 2. The zero-order chi connectivity index (χ0) is 23.7. The maximum absolute atomic E-state index is 12.6. The van der Waals surface area contributed by atoms with Crippen molar-refractivity contribution in [3.05, 3.63) is 59.7 Å². The highest BCUT2D eigenvalue weighted by molar-refractivity contribution is 7.89. The third kappa shape index (κ3) is 6.68. The largest absolute Gasteiger partial charge is 0.493 e. The van der Waals surface area contributed by atoms with Crippen LogP contribution in [0, 0.1) is 5.92 Å². The van der Waals surface area contributed by atoms with Gasteiger partial charge in [-0.3, -0.25) is 4.79 Å². The highest BCUT2D eigenvalue weighted by Crippen LogP contribution is 2.29. The summed E-state index contributed by atoms with van der Waals surface area (Å²) >= 11 is 0. The van der Waals surface area contributed by atoms with Gasteiger partial charge >= 0.3 is 0 Å². The van der Waals surface area contributed by atoms with Gasteiger partial charge in [-0.25, -0.2) is 8.42 Å². The van der Waals surface area contributed by atoms with Crippen molar-refractivity contribution in [2.24, 2.45) is 5.92 Å². The van der Waals surface area contributed by atoms with E-state index in [0.717, 1.165) is 12.0 Å². The van der Waals surface area contributed by atoms with E-state index in [2.05, 4.69) is 13.8 Å². The molecule has 2 aromatic rings. The molecule has 0 atom stereocenters. The number of carbonyl (C=O) groups is 1. The summed E-state index contributed by atoms with van der Waals surface area (Å²) in [5, 5.41) is 0. The van der Waals surface area contributed by atoms with Gasteiger partial charge in [0.2, 0.25) is 10.0 Å². The second kappa shape index (κ2) is 11.8. The lowest BCUT2D eigenvalue weighted by molar-refractivity contribution is 0.104. The van der Waals surface area contributed by atoms with Crippen LogP contribution in [0.25, 0.3) is 6.08 Å². The smallest absolute Gasteiger partial charge is 0.243 e. The second-order valence-corrected chi connectivity index (χ2v) is 9.69. The topological polar surface area (TPSA) is 72.9 Å². The molecule has 0 N–H and O–H groups in total. The molecule has 0 bridgehead atoms. The van der Waals surface area contributed by atoms with Crippen molar-refractivity contribution in [2.75, 3.05) is 26.8 Å². The quantitative estimate of drug-likeness (QED) is 0.328. The van der Waals surface area contributed by atoms with Crippen LogP contribution >= 0.6 is 0 Å². The van der Waals surface area contributed by atoms with E-state index in [-0.39, 0.29) is 10.7 Å². The van der Waals surface area contributed by atoms with Gasteiger partial charge in [0.1, 0.15) is 0 Å². The van der Waals surface area contributed by atoms with Gasteiger partial charge in [0.25, 0.3) is 0 Å². The molecule has 2 rings (SSSR count). The van der Waals surface area contributed by atoms with Gasteiger partial charge in [0.05, 0.1) is 18.6 Å². The predicted molar refractivity (Wildman–Crippen MR) is 128 cm³/mol. The fourth-order valence-corrected chi connectivity index (χ4v) is 4.54. The number of hydrogen-bond acceptors (Lipinski definition) is 5. The van der Waals surface area contributed by atoms with E-state index in [9.17, 15) is 13.2 Å². The number of rotatable bonds is 12. The lowest BCUT2D eigenvalue weighted by atomic mass is 10.1. The summed E-state index contributed by atoms with van der Waals surface area (Å²) in [6.07, 6.45) is 4.11. The Balaban J connectivity index is 2.11. The first kappa shape index (κ1) is 25.6. The molecule has 0 aliphatic rings. The van der Waals surface area contributed by atoms with E-state index in [4.69, 9.17) is 9.47 Å². The minimum Gasteiger partial charge on any atom is -0.493 e. The molecule has 0 aromatic heterocycles. The third-order valence-corrected chi connectivity index (χ3v) is 7.11. The summed E-state index contributed by atoms with van der Waals surface area (Å²) in [6.45, 7) is 9.28. The first-order valence-corrected chi connectivity index (χ1v) is 12.3. The molecular weight excluding hydrogens is 426 g/mol. The molecule has 0 saturated carbocycles. The SMILES string of the molecule is CCN(CC)S(=O)(=O)c1ccc(C(=O)C=Cc2ccc(OCCC(C)C)c(OC)c2)cc1. The van der Waals surface area contributed by atoms with Crippen molar-refractivity contribution in [1.29, 1.82) is 0 Å². The van der Waals surface area contributed by atoms with Gasteiger partial charge in [-0.05, 0) is 60.4 Å². The van der Waals surface area contributed by atoms with E-state index >= 15 is 0 Å². The third-order valence-electron chi connectivity index (χ3n) is 5.05. The number of allylic oxidation sites excluding steroid dienone is 1. The number of hydrogen-bond donors (Lipinski definition) is 0. The van der Waals surface area contributed by atoms with Gasteiger partial charge in [-0.15, -0.1) is 0 Å². The van der Waals surface area contributed by atoms with Gasteiger partial charge in [-0.1, -0.05) is 39.8 Å². The number of methoxy groups -OCH3 is 1. The number of sulfonamides is 1. The van der Waals surface area contributed by atoms with Crippen LogP contribution in [0.4, 0.5) is 0 Å². The van der Waals surface area contributed by atoms with E-state index in [1.54, 1.807) is 27.0 Å². The zero-order valence-electron chi connectivity index (χ0n) is 19.5. The monoisotopic (exact) mass is 459 g/mol. The maximum Gasteiger partial charge on any atom is 0.243 e. The molecule has 6 nitrogen and oxygen atoms in total. The normalized spacial score (nSPS) is 12.0. The van der Waals surface area contributed by atoms with Crippen molar-refractivity contribution in [3.8, 4) is 11.5 Å². The Hall–Kier alpha value is -2.64. The Labute approximate surface area is 191 Å². The van der Waals surface area contributed by atoms with Crippen LogP contribution < -0.4 is 9.47 Å². The van der Waals surface area contributed by atoms with Gasteiger partial charge in [0.15, 0.2) is 17.3 Å². The summed E-state index contributed by atoms with van der Waals surface area (Å²) in [5.41, 5.74) is 1.22. The fourth-order valence-electron chi connectivity index (χ4n) is 3.08. The van der Waals surface area contributed by atoms with Crippen LogP contribution in [0.5, 0.6) is 11.5 Å².